The first-order valence-electron chi connectivity index (χ1n) is 15.2. The van der Waals surface area contributed by atoms with E-state index in [2.05, 4.69) is 20.7 Å². The number of rotatable bonds is 14. The fourth-order valence-corrected chi connectivity index (χ4v) is 5.08. The van der Waals surface area contributed by atoms with Crippen molar-refractivity contribution in [2.75, 3.05) is 26.3 Å². The molecule has 4 aromatic rings. The molecule has 10 heteroatoms. The minimum Gasteiger partial charge on any atom is -0.459 e. The van der Waals surface area contributed by atoms with Gasteiger partial charge >= 0.3 is 5.97 Å². The van der Waals surface area contributed by atoms with E-state index in [1.54, 1.807) is 6.07 Å². The van der Waals surface area contributed by atoms with Crippen LogP contribution in [0.15, 0.2) is 102 Å². The summed E-state index contributed by atoms with van der Waals surface area (Å²) in [4.78, 5) is 42.6. The molecule has 1 aromatic heterocycles. The van der Waals surface area contributed by atoms with Crippen molar-refractivity contribution in [1.82, 2.24) is 20.7 Å². The molecule has 2 atom stereocenters. The van der Waals surface area contributed by atoms with Crippen LogP contribution in [-0.2, 0) is 45.1 Å². The number of nitrogens with zero attached hydrogens (tertiary/aromatic N) is 2. The molecular formula is C35H38N4O6. The maximum absolute atomic E-state index is 13.8. The maximum atomic E-state index is 13.8. The van der Waals surface area contributed by atoms with Crippen LogP contribution in [0.5, 0.6) is 0 Å². The predicted molar refractivity (Wildman–Crippen MR) is 167 cm³/mol. The number of benzene rings is 3. The number of carbonyl (C=O) groups is 3. The summed E-state index contributed by atoms with van der Waals surface area (Å²) in [6, 6.07) is 28.1. The predicted octanol–water partition coefficient (Wildman–Crippen LogP) is 3.71. The van der Waals surface area contributed by atoms with Crippen molar-refractivity contribution in [2.24, 2.45) is 0 Å². The third-order valence-corrected chi connectivity index (χ3v) is 7.57. The molecule has 0 bridgehead atoms. The lowest BCUT2D eigenvalue weighted by molar-refractivity contribution is -0.149. The van der Waals surface area contributed by atoms with Gasteiger partial charge in [-0.15, -0.1) is 0 Å². The number of carbonyl (C=O) groups excluding carboxylic acids is 3. The molecule has 2 N–H and O–H groups in total. The zero-order valence-electron chi connectivity index (χ0n) is 25.1. The van der Waals surface area contributed by atoms with Crippen LogP contribution in [0.3, 0.4) is 0 Å². The molecule has 0 radical (unpaired) electrons. The second-order valence-corrected chi connectivity index (χ2v) is 11.0. The van der Waals surface area contributed by atoms with Crippen molar-refractivity contribution in [2.45, 2.75) is 44.5 Å². The molecule has 0 aliphatic carbocycles. The third kappa shape index (κ3) is 9.85. The van der Waals surface area contributed by atoms with Crippen LogP contribution in [0.25, 0.3) is 0 Å². The summed E-state index contributed by atoms with van der Waals surface area (Å²) >= 11 is 0. The number of hydrogen-bond acceptors (Lipinski definition) is 8. The van der Waals surface area contributed by atoms with Gasteiger partial charge in [0.2, 0.25) is 5.91 Å². The zero-order valence-corrected chi connectivity index (χ0v) is 25.1. The molecule has 1 saturated heterocycles. The molecule has 1 unspecified atom stereocenters. The second-order valence-electron chi connectivity index (χ2n) is 11.0. The van der Waals surface area contributed by atoms with Gasteiger partial charge in [-0.25, -0.2) is 4.79 Å². The summed E-state index contributed by atoms with van der Waals surface area (Å²) in [5.74, 6) is -1.04. The van der Waals surface area contributed by atoms with Crippen molar-refractivity contribution < 1.29 is 28.4 Å². The number of aromatic nitrogens is 1. The number of amides is 2. The van der Waals surface area contributed by atoms with Gasteiger partial charge in [-0.2, -0.15) is 0 Å². The lowest BCUT2D eigenvalue weighted by Crippen LogP contribution is -2.52. The van der Waals surface area contributed by atoms with E-state index >= 15 is 0 Å². The van der Waals surface area contributed by atoms with Crippen LogP contribution in [0.2, 0.25) is 0 Å². The first kappa shape index (κ1) is 31.6. The number of ether oxygens (including phenoxy) is 2. The van der Waals surface area contributed by atoms with E-state index in [-0.39, 0.29) is 18.7 Å². The van der Waals surface area contributed by atoms with Gasteiger partial charge in [-0.05, 0) is 29.5 Å². The Kier molecular flexibility index (Phi) is 11.5. The van der Waals surface area contributed by atoms with Crippen LogP contribution >= 0.6 is 0 Å². The fraction of sp³-hybridized carbons (Fsp3) is 0.314. The Labute approximate surface area is 262 Å². The molecule has 2 heterocycles. The van der Waals surface area contributed by atoms with Gasteiger partial charge in [-0.1, -0.05) is 96.2 Å². The largest absolute Gasteiger partial charge is 0.459 e. The number of nitrogens with one attached hydrogen (secondary N) is 2. The number of aryl methyl sites for hydroxylation is 1. The Morgan fingerprint density at radius 2 is 1.42 bits per heavy atom. The molecule has 1 fully saturated rings. The zero-order chi connectivity index (χ0) is 31.3. The molecule has 2 amide bonds. The number of morpholine rings is 1. The Balaban J connectivity index is 1.28. The summed E-state index contributed by atoms with van der Waals surface area (Å²) < 4.78 is 16.4. The smallest absolute Gasteiger partial charge is 0.329 e. The summed E-state index contributed by atoms with van der Waals surface area (Å²) in [6.07, 6.45) is 1.06. The van der Waals surface area contributed by atoms with E-state index in [1.165, 1.54) is 0 Å². The average molecular weight is 611 g/mol. The Hall–Kier alpha value is -4.80. The molecule has 0 spiro atoms. The van der Waals surface area contributed by atoms with Crippen LogP contribution in [-0.4, -0.2) is 66.2 Å². The summed E-state index contributed by atoms with van der Waals surface area (Å²) in [7, 11) is 0. The summed E-state index contributed by atoms with van der Waals surface area (Å²) in [6.45, 7) is 3.40. The van der Waals surface area contributed by atoms with Crippen molar-refractivity contribution in [3.05, 3.63) is 125 Å². The monoisotopic (exact) mass is 610 g/mol. The van der Waals surface area contributed by atoms with Crippen molar-refractivity contribution in [1.29, 1.82) is 0 Å². The van der Waals surface area contributed by atoms with Gasteiger partial charge in [0.25, 0.3) is 5.91 Å². The molecule has 45 heavy (non-hydrogen) atoms. The minimum absolute atomic E-state index is 0.0773. The Bertz CT molecular complexity index is 1510. The molecule has 1 aliphatic rings. The molecule has 10 nitrogen and oxygen atoms in total. The Morgan fingerprint density at radius 3 is 2.09 bits per heavy atom. The topological polar surface area (TPSA) is 123 Å². The van der Waals surface area contributed by atoms with E-state index < -0.39 is 29.9 Å². The van der Waals surface area contributed by atoms with Gasteiger partial charge in [0.05, 0.1) is 19.8 Å². The van der Waals surface area contributed by atoms with Crippen LogP contribution in [0.4, 0.5) is 0 Å². The molecule has 0 saturated carbocycles. The first-order valence-corrected chi connectivity index (χ1v) is 15.2. The molecule has 3 aromatic carbocycles. The normalized spacial score (nSPS) is 14.7. The standard InChI is InChI=1S/C35H38N4O6/c40-33(37-32(22-27-12-6-2-7-13-27)35(42)44-25-28-14-8-3-9-15-28)30(17-16-26-10-4-1-5-11-26)36-34(41)31-23-29(45-38-31)24-39-18-20-43-21-19-39/h1-15,23,30,32H,16-22,24-25H2,(H,36,41)(H,37,40)/t30?,32-/m0/s1. The van der Waals surface area contributed by atoms with Crippen molar-refractivity contribution in [3.63, 3.8) is 0 Å². The highest BCUT2D eigenvalue weighted by atomic mass is 16.5. The lowest BCUT2D eigenvalue weighted by atomic mass is 10.0. The highest BCUT2D eigenvalue weighted by Gasteiger charge is 2.29. The van der Waals surface area contributed by atoms with Crippen molar-refractivity contribution in [3.8, 4) is 0 Å². The summed E-state index contributed by atoms with van der Waals surface area (Å²) in [5, 5.41) is 9.65. The van der Waals surface area contributed by atoms with E-state index in [4.69, 9.17) is 14.0 Å². The van der Waals surface area contributed by atoms with E-state index in [1.807, 2.05) is 91.0 Å². The van der Waals surface area contributed by atoms with E-state index in [9.17, 15) is 14.4 Å². The fourth-order valence-electron chi connectivity index (χ4n) is 5.08. The molecule has 1 aliphatic heterocycles. The third-order valence-electron chi connectivity index (χ3n) is 7.57. The quantitative estimate of drug-likeness (QED) is 0.207. The molecule has 234 valence electrons. The lowest BCUT2D eigenvalue weighted by Gasteiger charge is -2.25. The summed E-state index contributed by atoms with van der Waals surface area (Å²) in [5.41, 5.74) is 2.80. The van der Waals surface area contributed by atoms with Crippen LogP contribution < -0.4 is 10.6 Å². The van der Waals surface area contributed by atoms with Gasteiger partial charge in [0.1, 0.15) is 18.7 Å². The molecular weight excluding hydrogens is 572 g/mol. The van der Waals surface area contributed by atoms with Crippen LogP contribution in [0.1, 0.15) is 39.4 Å². The number of esters is 1. The maximum Gasteiger partial charge on any atom is 0.329 e. The van der Waals surface area contributed by atoms with Crippen molar-refractivity contribution >= 4 is 17.8 Å². The van der Waals surface area contributed by atoms with E-state index in [0.29, 0.717) is 38.4 Å². The van der Waals surface area contributed by atoms with E-state index in [0.717, 1.165) is 29.8 Å². The van der Waals surface area contributed by atoms with Gasteiger partial charge in [-0.3, -0.25) is 14.5 Å². The number of hydrogen-bond donors (Lipinski definition) is 2. The highest BCUT2D eigenvalue weighted by molar-refractivity contribution is 5.96. The van der Waals surface area contributed by atoms with Gasteiger partial charge in [0, 0.05) is 25.6 Å². The molecule has 5 rings (SSSR count). The average Bonchev–Trinajstić information content (AvgIpc) is 3.55. The van der Waals surface area contributed by atoms with Gasteiger partial charge < -0.3 is 24.6 Å². The highest BCUT2D eigenvalue weighted by Crippen LogP contribution is 2.13. The Morgan fingerprint density at radius 1 is 0.800 bits per heavy atom. The SMILES string of the molecule is O=C(NC(CCc1ccccc1)C(=O)N[C@@H](Cc1ccccc1)C(=O)OCc1ccccc1)c1cc(CN2CCOCC2)on1. The first-order chi connectivity index (χ1) is 22.0. The van der Waals surface area contributed by atoms with Crippen LogP contribution in [0, 0.1) is 0 Å². The minimum atomic E-state index is -0.966. The van der Waals surface area contributed by atoms with Gasteiger partial charge in [0.15, 0.2) is 11.5 Å². The second kappa shape index (κ2) is 16.3.